The van der Waals surface area contributed by atoms with E-state index in [0.29, 0.717) is 51.1 Å². The van der Waals surface area contributed by atoms with Gasteiger partial charge in [-0.25, -0.2) is 4.68 Å². The number of hydrogen-bond acceptors (Lipinski definition) is 4. The number of halogens is 2. The van der Waals surface area contributed by atoms with E-state index in [9.17, 15) is 9.59 Å². The lowest BCUT2D eigenvalue weighted by Crippen LogP contribution is -2.24. The van der Waals surface area contributed by atoms with Crippen molar-refractivity contribution in [2.24, 2.45) is 4.99 Å². The van der Waals surface area contributed by atoms with Crippen LogP contribution in [0.4, 0.5) is 0 Å². The van der Waals surface area contributed by atoms with E-state index < -0.39 is 0 Å². The van der Waals surface area contributed by atoms with Gasteiger partial charge in [0.2, 0.25) is 0 Å². The molecule has 0 aliphatic carbocycles. The van der Waals surface area contributed by atoms with Gasteiger partial charge in [-0.15, -0.1) is 0 Å². The molecule has 7 nitrogen and oxygen atoms in total. The summed E-state index contributed by atoms with van der Waals surface area (Å²) in [5.74, 6) is 0. The van der Waals surface area contributed by atoms with Crippen molar-refractivity contribution in [3.05, 3.63) is 79.4 Å². The molecule has 3 rings (SSSR count). The maximum atomic E-state index is 13.2. The van der Waals surface area contributed by atoms with Crippen LogP contribution in [0.2, 0.25) is 10.0 Å². The summed E-state index contributed by atoms with van der Waals surface area (Å²) in [4.78, 5) is 30.1. The van der Waals surface area contributed by atoms with Gasteiger partial charge >= 0.3 is 0 Å². The monoisotopic (exact) mass is 446 g/mol. The molecule has 0 aliphatic rings. The van der Waals surface area contributed by atoms with Crippen LogP contribution in [0.25, 0.3) is 22.2 Å². The third-order valence-corrected chi connectivity index (χ3v) is 5.31. The number of aromatic nitrogens is 3. The van der Waals surface area contributed by atoms with Crippen molar-refractivity contribution >= 4 is 40.8 Å². The van der Waals surface area contributed by atoms with Gasteiger partial charge in [0, 0.05) is 18.7 Å². The Labute approximate surface area is 182 Å². The summed E-state index contributed by atoms with van der Waals surface area (Å²) >= 11 is 12.3. The Morgan fingerprint density at radius 1 is 1.27 bits per heavy atom. The second-order valence-corrected chi connectivity index (χ2v) is 7.26. The summed E-state index contributed by atoms with van der Waals surface area (Å²) in [5.41, 5.74) is 1.32. The zero-order valence-electron chi connectivity index (χ0n) is 16.3. The average molecular weight is 447 g/mol. The van der Waals surface area contributed by atoms with Crippen LogP contribution in [0.5, 0.6) is 0 Å². The molecule has 0 unspecified atom stereocenters. The van der Waals surface area contributed by atoms with E-state index in [1.165, 1.54) is 15.3 Å². The van der Waals surface area contributed by atoms with E-state index in [0.717, 1.165) is 0 Å². The molecule has 0 bridgehead atoms. The zero-order chi connectivity index (χ0) is 21.8. The summed E-state index contributed by atoms with van der Waals surface area (Å²) in [7, 11) is 1.55. The van der Waals surface area contributed by atoms with Gasteiger partial charge in [0.1, 0.15) is 0 Å². The second kappa shape index (κ2) is 9.30. The fraction of sp³-hybridized carbons (Fsp3) is 0.190. The number of hydrogen-bond donors (Lipinski definition) is 1. The molecule has 9 heteroatoms. The number of H-pyrrole nitrogens is 1. The van der Waals surface area contributed by atoms with E-state index >= 15 is 0 Å². The topological polar surface area (TPSA) is 81.4 Å². The van der Waals surface area contributed by atoms with Crippen LogP contribution in [0.1, 0.15) is 0 Å². The summed E-state index contributed by atoms with van der Waals surface area (Å²) in [5, 5.41) is 4.01. The number of pyridine rings is 1. The molecular formula is C21H20Cl2N4O3. The number of nitrogens with one attached hydrogen (secondary N) is 1. The first-order chi connectivity index (χ1) is 14.4. The van der Waals surface area contributed by atoms with Crippen molar-refractivity contribution < 1.29 is 4.74 Å². The average Bonchev–Trinajstić information content (AvgIpc) is 3.03. The lowest BCUT2D eigenvalue weighted by Gasteiger charge is -2.14. The highest BCUT2D eigenvalue weighted by Gasteiger charge is 2.19. The van der Waals surface area contributed by atoms with Crippen molar-refractivity contribution in [2.45, 2.75) is 13.1 Å². The first-order valence-corrected chi connectivity index (χ1v) is 9.75. The smallest absolute Gasteiger partial charge is 0.276 e. The van der Waals surface area contributed by atoms with Crippen LogP contribution < -0.4 is 11.1 Å². The fourth-order valence-corrected chi connectivity index (χ4v) is 3.47. The fourth-order valence-electron chi connectivity index (χ4n) is 3.18. The Morgan fingerprint density at radius 3 is 2.67 bits per heavy atom. The Kier molecular flexibility index (Phi) is 6.77. The molecule has 0 spiro atoms. The van der Waals surface area contributed by atoms with E-state index in [4.69, 9.17) is 27.9 Å². The number of aliphatic imine (C=N–C) groups is 1. The van der Waals surface area contributed by atoms with Crippen LogP contribution >= 0.6 is 23.2 Å². The standard InChI is InChI=1S/C21H20Cl2N4O3/c1-4-5-14(24-2)12-26-18(28)11-17-19(21(29)27(25-17)8-9-30-3)20(26)13-6-7-15(22)16(23)10-13/h4-7,10-11,25H,1-2,8-9,12H2,3H3/b14-5-. The predicted molar refractivity (Wildman–Crippen MR) is 122 cm³/mol. The van der Waals surface area contributed by atoms with Crippen molar-refractivity contribution in [3.63, 3.8) is 0 Å². The minimum Gasteiger partial charge on any atom is -0.383 e. The van der Waals surface area contributed by atoms with Gasteiger partial charge in [0.15, 0.2) is 0 Å². The molecule has 30 heavy (non-hydrogen) atoms. The van der Waals surface area contributed by atoms with Crippen molar-refractivity contribution in [1.29, 1.82) is 0 Å². The molecule has 2 heterocycles. The second-order valence-electron chi connectivity index (χ2n) is 6.45. The minimum atomic E-state index is -0.317. The van der Waals surface area contributed by atoms with Crippen molar-refractivity contribution in [2.75, 3.05) is 13.7 Å². The molecule has 0 fully saturated rings. The molecule has 0 radical (unpaired) electrons. The van der Waals surface area contributed by atoms with Crippen LogP contribution in [-0.4, -0.2) is 34.8 Å². The van der Waals surface area contributed by atoms with Gasteiger partial charge < -0.3 is 9.30 Å². The highest BCUT2D eigenvalue weighted by atomic mass is 35.5. The predicted octanol–water partition coefficient (Wildman–Crippen LogP) is 3.88. The first kappa shape index (κ1) is 21.8. The van der Waals surface area contributed by atoms with E-state index in [1.807, 2.05) is 0 Å². The molecule has 2 aromatic heterocycles. The lowest BCUT2D eigenvalue weighted by molar-refractivity contribution is 0.183. The van der Waals surface area contributed by atoms with Crippen LogP contribution in [0.15, 0.2) is 63.3 Å². The summed E-state index contributed by atoms with van der Waals surface area (Å²) in [6, 6.07) is 6.34. The summed E-state index contributed by atoms with van der Waals surface area (Å²) in [6.45, 7) is 7.95. The number of fused-ring (bicyclic) bond motifs is 1. The Bertz CT molecular complexity index is 1270. The molecule has 1 aromatic carbocycles. The molecule has 0 saturated carbocycles. The first-order valence-electron chi connectivity index (χ1n) is 9.00. The highest BCUT2D eigenvalue weighted by molar-refractivity contribution is 6.42. The normalized spacial score (nSPS) is 11.8. The van der Waals surface area contributed by atoms with Gasteiger partial charge in [-0.2, -0.15) is 0 Å². The number of allylic oxidation sites excluding steroid dienone is 3. The number of aromatic amines is 1. The molecule has 0 saturated heterocycles. The Hall–Kier alpha value is -2.87. The lowest BCUT2D eigenvalue weighted by atomic mass is 10.1. The largest absolute Gasteiger partial charge is 0.383 e. The number of benzene rings is 1. The highest BCUT2D eigenvalue weighted by Crippen LogP contribution is 2.31. The van der Waals surface area contributed by atoms with Gasteiger partial charge in [-0.1, -0.05) is 41.9 Å². The molecule has 0 aliphatic heterocycles. The molecular weight excluding hydrogens is 427 g/mol. The van der Waals surface area contributed by atoms with E-state index in [-0.39, 0.29) is 17.7 Å². The molecule has 1 N–H and O–H groups in total. The zero-order valence-corrected chi connectivity index (χ0v) is 17.8. The van der Waals surface area contributed by atoms with Gasteiger partial charge in [0.25, 0.3) is 11.1 Å². The Balaban J connectivity index is 2.38. The maximum absolute atomic E-state index is 13.2. The Morgan fingerprint density at radius 2 is 2.03 bits per heavy atom. The van der Waals surface area contributed by atoms with Crippen molar-refractivity contribution in [1.82, 2.24) is 14.3 Å². The summed E-state index contributed by atoms with van der Waals surface area (Å²) in [6.07, 6.45) is 3.21. The van der Waals surface area contributed by atoms with Gasteiger partial charge in [0.05, 0.1) is 52.0 Å². The van der Waals surface area contributed by atoms with Crippen molar-refractivity contribution in [3.8, 4) is 11.3 Å². The number of ether oxygens (including phenoxy) is 1. The third-order valence-electron chi connectivity index (χ3n) is 4.57. The van der Waals surface area contributed by atoms with Crippen LogP contribution in [0.3, 0.4) is 0 Å². The number of rotatable bonds is 8. The summed E-state index contributed by atoms with van der Waals surface area (Å²) < 4.78 is 7.94. The molecule has 156 valence electrons. The molecule has 0 amide bonds. The van der Waals surface area contributed by atoms with E-state index in [1.54, 1.807) is 37.5 Å². The quantitative estimate of drug-likeness (QED) is 0.420. The molecule has 3 aromatic rings. The van der Waals surface area contributed by atoms with Crippen LogP contribution in [0, 0.1) is 0 Å². The van der Waals surface area contributed by atoms with E-state index in [2.05, 4.69) is 23.4 Å². The SMILES string of the molecule is C=C/C=C(/Cn1c(-c2ccc(Cl)c(Cl)c2)c2c(=O)n(CCOC)[nH]c2cc1=O)N=C. The minimum absolute atomic E-state index is 0.0998. The molecule has 0 atom stereocenters. The van der Waals surface area contributed by atoms with Gasteiger partial charge in [-0.05, 0) is 24.9 Å². The van der Waals surface area contributed by atoms with Gasteiger partial charge in [-0.3, -0.25) is 19.7 Å². The number of nitrogens with zero attached hydrogens (tertiary/aromatic N) is 3. The van der Waals surface area contributed by atoms with Crippen LogP contribution in [-0.2, 0) is 17.8 Å². The number of methoxy groups -OCH3 is 1. The maximum Gasteiger partial charge on any atom is 0.276 e. The third kappa shape index (κ3) is 4.18.